The van der Waals surface area contributed by atoms with E-state index in [0.717, 1.165) is 20.1 Å². The van der Waals surface area contributed by atoms with Gasteiger partial charge in [-0.2, -0.15) is 5.26 Å². The number of thiazole rings is 1. The summed E-state index contributed by atoms with van der Waals surface area (Å²) in [5.74, 6) is -0.403. The second-order valence-corrected chi connectivity index (χ2v) is 7.98. The number of nitrogens with zero attached hydrogens (tertiary/aromatic N) is 2. The van der Waals surface area contributed by atoms with Gasteiger partial charge in [0, 0.05) is 12.3 Å². The highest BCUT2D eigenvalue weighted by Gasteiger charge is 2.15. The summed E-state index contributed by atoms with van der Waals surface area (Å²) in [7, 11) is 0. The van der Waals surface area contributed by atoms with Crippen molar-refractivity contribution in [3.05, 3.63) is 59.7 Å². The van der Waals surface area contributed by atoms with E-state index < -0.39 is 11.9 Å². The number of hydrogen-bond acceptors (Lipinski definition) is 7. The molecule has 1 amide bonds. The minimum atomic E-state index is -0.545. The smallest absolute Gasteiger partial charge is 0.338 e. The number of para-hydroxylation sites is 1. The largest absolute Gasteiger partial charge is 0.452 e. The number of carbonyl (C=O) groups is 2. The maximum atomic E-state index is 12.4. The van der Waals surface area contributed by atoms with E-state index in [4.69, 9.17) is 10.00 Å². The molecular weight excluding hydrogens is 394 g/mol. The molecule has 28 heavy (non-hydrogen) atoms. The summed E-state index contributed by atoms with van der Waals surface area (Å²) in [6.07, 6.45) is 0.214. The molecule has 0 aliphatic carbocycles. The number of ether oxygens (including phenoxy) is 1. The second kappa shape index (κ2) is 9.88. The third kappa shape index (κ3) is 5.31. The van der Waals surface area contributed by atoms with Crippen LogP contribution in [0.4, 0.5) is 0 Å². The van der Waals surface area contributed by atoms with Gasteiger partial charge in [-0.25, -0.2) is 9.78 Å². The number of nitrogens with one attached hydrogen (secondary N) is 1. The van der Waals surface area contributed by atoms with Crippen LogP contribution in [0, 0.1) is 11.3 Å². The van der Waals surface area contributed by atoms with Crippen LogP contribution in [0.3, 0.4) is 0 Å². The number of amides is 1. The Labute approximate surface area is 170 Å². The van der Waals surface area contributed by atoms with Crippen LogP contribution in [0.2, 0.25) is 0 Å². The molecule has 0 bridgehead atoms. The first-order valence-corrected chi connectivity index (χ1v) is 10.3. The van der Waals surface area contributed by atoms with Crippen molar-refractivity contribution in [3.8, 4) is 6.07 Å². The number of benzene rings is 2. The molecule has 2 aromatic carbocycles. The van der Waals surface area contributed by atoms with Gasteiger partial charge in [0.05, 0.1) is 28.3 Å². The van der Waals surface area contributed by atoms with Gasteiger partial charge in [0.1, 0.15) is 0 Å². The first kappa shape index (κ1) is 19.9. The Kier molecular flexibility index (Phi) is 7.00. The second-order valence-electron chi connectivity index (χ2n) is 5.73. The van der Waals surface area contributed by atoms with Crippen LogP contribution in [0.5, 0.6) is 0 Å². The lowest BCUT2D eigenvalue weighted by atomic mass is 10.1. The predicted molar refractivity (Wildman–Crippen MR) is 109 cm³/mol. The highest BCUT2D eigenvalue weighted by molar-refractivity contribution is 8.00. The molecule has 3 rings (SSSR count). The van der Waals surface area contributed by atoms with E-state index in [1.165, 1.54) is 0 Å². The SMILES string of the molecule is N#CCCNC(=O)COC(=O)c1ccccc1CSc1nc2ccccc2s1. The van der Waals surface area contributed by atoms with Crippen molar-refractivity contribution in [2.75, 3.05) is 13.2 Å². The molecule has 0 aliphatic rings. The summed E-state index contributed by atoms with van der Waals surface area (Å²) in [6, 6.07) is 17.0. The molecule has 0 spiro atoms. The Balaban J connectivity index is 1.59. The van der Waals surface area contributed by atoms with Gasteiger partial charge in [-0.05, 0) is 23.8 Å². The number of aromatic nitrogens is 1. The fraction of sp³-hybridized carbons (Fsp3) is 0.200. The topological polar surface area (TPSA) is 92.1 Å². The average molecular weight is 412 g/mol. The molecule has 6 nitrogen and oxygen atoms in total. The number of rotatable bonds is 8. The van der Waals surface area contributed by atoms with Crippen LogP contribution < -0.4 is 5.32 Å². The zero-order valence-electron chi connectivity index (χ0n) is 14.9. The normalized spacial score (nSPS) is 10.4. The molecule has 1 N–H and O–H groups in total. The van der Waals surface area contributed by atoms with E-state index in [0.29, 0.717) is 11.3 Å². The zero-order valence-corrected chi connectivity index (χ0v) is 16.5. The van der Waals surface area contributed by atoms with Gasteiger partial charge >= 0.3 is 5.97 Å². The van der Waals surface area contributed by atoms with E-state index in [-0.39, 0.29) is 19.6 Å². The Bertz CT molecular complexity index is 994. The summed E-state index contributed by atoms with van der Waals surface area (Å²) in [5, 5.41) is 11.0. The highest BCUT2D eigenvalue weighted by atomic mass is 32.2. The Hall–Kier alpha value is -2.89. The molecule has 0 aliphatic heterocycles. The Morgan fingerprint density at radius 2 is 1.96 bits per heavy atom. The summed E-state index contributed by atoms with van der Waals surface area (Å²) < 4.78 is 7.16. The fourth-order valence-electron chi connectivity index (χ4n) is 2.42. The van der Waals surface area contributed by atoms with Gasteiger partial charge in [0.15, 0.2) is 10.9 Å². The zero-order chi connectivity index (χ0) is 19.8. The summed E-state index contributed by atoms with van der Waals surface area (Å²) in [6.45, 7) is -0.133. The summed E-state index contributed by atoms with van der Waals surface area (Å²) in [5.41, 5.74) is 2.22. The lowest BCUT2D eigenvalue weighted by Crippen LogP contribution is -2.29. The van der Waals surface area contributed by atoms with Crippen LogP contribution >= 0.6 is 23.1 Å². The molecule has 0 atom stereocenters. The van der Waals surface area contributed by atoms with E-state index >= 15 is 0 Å². The van der Waals surface area contributed by atoms with Crippen LogP contribution in [0.1, 0.15) is 22.3 Å². The van der Waals surface area contributed by atoms with Crippen molar-refractivity contribution >= 4 is 45.2 Å². The fourth-order valence-corrected chi connectivity index (χ4v) is 4.49. The number of thioether (sulfide) groups is 1. The Morgan fingerprint density at radius 1 is 1.18 bits per heavy atom. The number of carbonyl (C=O) groups excluding carboxylic acids is 2. The van der Waals surface area contributed by atoms with Gasteiger partial charge in [0.2, 0.25) is 0 Å². The number of esters is 1. The van der Waals surface area contributed by atoms with E-state index in [9.17, 15) is 9.59 Å². The van der Waals surface area contributed by atoms with E-state index in [1.54, 1.807) is 35.2 Å². The molecule has 142 valence electrons. The van der Waals surface area contributed by atoms with Gasteiger partial charge in [0.25, 0.3) is 5.91 Å². The van der Waals surface area contributed by atoms with Crippen LogP contribution in [0.15, 0.2) is 52.9 Å². The highest BCUT2D eigenvalue weighted by Crippen LogP contribution is 2.32. The van der Waals surface area contributed by atoms with Gasteiger partial charge in [-0.1, -0.05) is 42.1 Å². The molecule has 3 aromatic rings. The third-order valence-corrected chi connectivity index (χ3v) is 5.98. The number of nitriles is 1. The molecule has 0 saturated carbocycles. The minimum Gasteiger partial charge on any atom is -0.452 e. The maximum absolute atomic E-state index is 12.4. The van der Waals surface area contributed by atoms with Crippen LogP contribution in [0.25, 0.3) is 10.2 Å². The lowest BCUT2D eigenvalue weighted by Gasteiger charge is -2.09. The monoisotopic (exact) mass is 411 g/mol. The van der Waals surface area contributed by atoms with Crippen molar-refractivity contribution in [3.63, 3.8) is 0 Å². The minimum absolute atomic E-state index is 0.214. The lowest BCUT2D eigenvalue weighted by molar-refractivity contribution is -0.124. The van der Waals surface area contributed by atoms with Crippen molar-refractivity contribution in [1.29, 1.82) is 5.26 Å². The molecule has 0 saturated heterocycles. The van der Waals surface area contributed by atoms with Gasteiger partial charge in [-0.15, -0.1) is 11.3 Å². The molecule has 0 fully saturated rings. The first-order chi connectivity index (χ1) is 13.7. The van der Waals surface area contributed by atoms with Crippen molar-refractivity contribution in [1.82, 2.24) is 10.3 Å². The van der Waals surface area contributed by atoms with Crippen LogP contribution in [-0.4, -0.2) is 30.0 Å². The predicted octanol–water partition coefficient (Wildman–Crippen LogP) is 3.78. The molecule has 8 heteroatoms. The average Bonchev–Trinajstić information content (AvgIpc) is 3.14. The molecule has 0 unspecified atom stereocenters. The number of hydrogen-bond donors (Lipinski definition) is 1. The van der Waals surface area contributed by atoms with Crippen molar-refractivity contribution < 1.29 is 14.3 Å². The van der Waals surface area contributed by atoms with Gasteiger partial charge < -0.3 is 10.1 Å². The maximum Gasteiger partial charge on any atom is 0.338 e. The quantitative estimate of drug-likeness (QED) is 0.345. The third-order valence-electron chi connectivity index (χ3n) is 3.76. The van der Waals surface area contributed by atoms with Crippen molar-refractivity contribution in [2.24, 2.45) is 0 Å². The van der Waals surface area contributed by atoms with Crippen LogP contribution in [-0.2, 0) is 15.3 Å². The molecule has 1 aromatic heterocycles. The first-order valence-electron chi connectivity index (χ1n) is 8.54. The number of fused-ring (bicyclic) bond motifs is 1. The molecular formula is C20H17N3O3S2. The van der Waals surface area contributed by atoms with E-state index in [1.807, 2.05) is 42.5 Å². The molecule has 0 radical (unpaired) electrons. The van der Waals surface area contributed by atoms with Crippen molar-refractivity contribution in [2.45, 2.75) is 16.5 Å². The van der Waals surface area contributed by atoms with E-state index in [2.05, 4.69) is 10.3 Å². The summed E-state index contributed by atoms with van der Waals surface area (Å²) >= 11 is 3.17. The molecule has 1 heterocycles. The Morgan fingerprint density at radius 3 is 2.79 bits per heavy atom. The van der Waals surface area contributed by atoms with Gasteiger partial charge in [-0.3, -0.25) is 4.79 Å². The standard InChI is InChI=1S/C20H17N3O3S2/c21-10-5-11-22-18(24)12-26-19(25)15-7-2-1-6-14(15)13-27-20-23-16-8-3-4-9-17(16)28-20/h1-4,6-9H,5,11-13H2,(H,22,24). The summed E-state index contributed by atoms with van der Waals surface area (Å²) in [4.78, 5) is 28.6.